The van der Waals surface area contributed by atoms with Crippen molar-refractivity contribution in [2.75, 3.05) is 5.32 Å². The number of fused-ring (bicyclic) bond motifs is 2. The first-order valence-corrected chi connectivity index (χ1v) is 11.2. The SMILES string of the molecule is CC(Sc1nncn1-c1ccccc1)C(=O)Nc1ccc2c(c1)C(=O)c1ccccc1C2=O. The van der Waals surface area contributed by atoms with E-state index >= 15 is 0 Å². The molecule has 0 spiro atoms. The maximum atomic E-state index is 12.9. The van der Waals surface area contributed by atoms with Crippen molar-refractivity contribution in [2.24, 2.45) is 0 Å². The smallest absolute Gasteiger partial charge is 0.237 e. The van der Waals surface area contributed by atoms with Crippen LogP contribution in [0.4, 0.5) is 5.69 Å². The van der Waals surface area contributed by atoms with Crippen LogP contribution in [0.2, 0.25) is 0 Å². The zero-order valence-corrected chi connectivity index (χ0v) is 18.4. The van der Waals surface area contributed by atoms with Gasteiger partial charge in [0.1, 0.15) is 6.33 Å². The summed E-state index contributed by atoms with van der Waals surface area (Å²) in [4.78, 5) is 38.5. The molecule has 0 radical (unpaired) electrons. The Morgan fingerprint density at radius 2 is 1.52 bits per heavy atom. The highest BCUT2D eigenvalue weighted by Gasteiger charge is 2.29. The number of carbonyl (C=O) groups is 3. The fourth-order valence-corrected chi connectivity index (χ4v) is 4.55. The zero-order valence-electron chi connectivity index (χ0n) is 17.6. The Bertz CT molecular complexity index is 1400. The van der Waals surface area contributed by atoms with Gasteiger partial charge in [0.25, 0.3) is 0 Å². The number of hydrogen-bond donors (Lipinski definition) is 1. The summed E-state index contributed by atoms with van der Waals surface area (Å²) in [6.07, 6.45) is 1.60. The van der Waals surface area contributed by atoms with E-state index in [9.17, 15) is 14.4 Å². The first kappa shape index (κ1) is 20.8. The predicted octanol–water partition coefficient (Wildman–Crippen LogP) is 4.16. The van der Waals surface area contributed by atoms with Crippen LogP contribution < -0.4 is 5.32 Å². The fourth-order valence-electron chi connectivity index (χ4n) is 3.70. The topological polar surface area (TPSA) is 93.9 Å². The quantitative estimate of drug-likeness (QED) is 0.401. The van der Waals surface area contributed by atoms with Crippen molar-refractivity contribution in [1.82, 2.24) is 14.8 Å². The zero-order chi connectivity index (χ0) is 22.9. The fraction of sp³-hybridized carbons (Fsp3) is 0.0800. The Morgan fingerprint density at radius 3 is 2.24 bits per heavy atom. The molecule has 0 bridgehead atoms. The van der Waals surface area contributed by atoms with Gasteiger partial charge in [0.15, 0.2) is 16.7 Å². The van der Waals surface area contributed by atoms with Crippen LogP contribution in [0, 0.1) is 0 Å². The molecule has 1 aliphatic rings. The minimum Gasteiger partial charge on any atom is -0.325 e. The summed E-state index contributed by atoms with van der Waals surface area (Å²) in [6.45, 7) is 1.77. The van der Waals surface area contributed by atoms with Crippen molar-refractivity contribution < 1.29 is 14.4 Å². The number of ketones is 2. The van der Waals surface area contributed by atoms with Crippen molar-refractivity contribution in [3.63, 3.8) is 0 Å². The summed E-state index contributed by atoms with van der Waals surface area (Å²) in [5, 5.41) is 11.1. The third-order valence-electron chi connectivity index (χ3n) is 5.39. The Kier molecular flexibility index (Phi) is 5.35. The molecule has 162 valence electrons. The molecule has 8 heteroatoms. The lowest BCUT2D eigenvalue weighted by molar-refractivity contribution is -0.115. The second kappa shape index (κ2) is 8.48. The summed E-state index contributed by atoms with van der Waals surface area (Å²) in [5.41, 5.74) is 2.77. The van der Waals surface area contributed by atoms with E-state index in [0.29, 0.717) is 33.1 Å². The van der Waals surface area contributed by atoms with Gasteiger partial charge in [-0.05, 0) is 37.3 Å². The number of rotatable bonds is 5. The van der Waals surface area contributed by atoms with Crippen molar-refractivity contribution >= 4 is 34.9 Å². The molecule has 33 heavy (non-hydrogen) atoms. The maximum Gasteiger partial charge on any atom is 0.237 e. The molecule has 0 aliphatic heterocycles. The Hall–Kier alpha value is -4.04. The highest BCUT2D eigenvalue weighted by molar-refractivity contribution is 8.00. The van der Waals surface area contributed by atoms with E-state index in [1.54, 1.807) is 55.7 Å². The van der Waals surface area contributed by atoms with Crippen molar-refractivity contribution in [2.45, 2.75) is 17.3 Å². The van der Waals surface area contributed by atoms with Gasteiger partial charge in [-0.3, -0.25) is 19.0 Å². The van der Waals surface area contributed by atoms with Gasteiger partial charge < -0.3 is 5.32 Å². The second-order valence-electron chi connectivity index (χ2n) is 7.53. The molecule has 3 aromatic carbocycles. The van der Waals surface area contributed by atoms with Crippen LogP contribution in [0.5, 0.6) is 0 Å². The van der Waals surface area contributed by atoms with Crippen LogP contribution in [0.25, 0.3) is 5.69 Å². The number of nitrogens with one attached hydrogen (secondary N) is 1. The molecule has 0 saturated heterocycles. The molecule has 1 aliphatic carbocycles. The van der Waals surface area contributed by atoms with Crippen molar-refractivity contribution in [1.29, 1.82) is 0 Å². The average molecular weight is 455 g/mol. The van der Waals surface area contributed by atoms with Crippen LogP contribution in [0.15, 0.2) is 84.3 Å². The first-order chi connectivity index (χ1) is 16.0. The molecule has 0 fully saturated rings. The summed E-state index contributed by atoms with van der Waals surface area (Å²) < 4.78 is 1.81. The molecule has 1 atom stereocenters. The molecule has 5 rings (SSSR count). The minimum atomic E-state index is -0.481. The molecule has 1 heterocycles. The molecular formula is C25H18N4O3S. The van der Waals surface area contributed by atoms with Gasteiger partial charge in [0, 0.05) is 33.6 Å². The molecule has 1 aromatic heterocycles. The van der Waals surface area contributed by atoms with Gasteiger partial charge in [0.05, 0.1) is 5.25 Å². The van der Waals surface area contributed by atoms with Gasteiger partial charge in [-0.25, -0.2) is 0 Å². The van der Waals surface area contributed by atoms with E-state index in [4.69, 9.17) is 0 Å². The predicted molar refractivity (Wildman–Crippen MR) is 125 cm³/mol. The van der Waals surface area contributed by atoms with Gasteiger partial charge in [-0.15, -0.1) is 10.2 Å². The number of anilines is 1. The molecule has 1 unspecified atom stereocenters. The van der Waals surface area contributed by atoms with Crippen LogP contribution in [0.3, 0.4) is 0 Å². The molecular weight excluding hydrogens is 436 g/mol. The Balaban J connectivity index is 1.34. The molecule has 4 aromatic rings. The van der Waals surface area contributed by atoms with Gasteiger partial charge in [0.2, 0.25) is 5.91 Å². The summed E-state index contributed by atoms with van der Waals surface area (Å²) in [7, 11) is 0. The standard InChI is InChI=1S/C25H18N4O3S/c1-15(33-25-28-26-14-29(25)17-7-3-2-4-8-17)24(32)27-16-11-12-20-21(13-16)23(31)19-10-6-5-9-18(19)22(20)30/h2-15H,1H3,(H,27,32). The third kappa shape index (κ3) is 3.85. The minimum absolute atomic E-state index is 0.192. The number of hydrogen-bond acceptors (Lipinski definition) is 6. The number of benzene rings is 3. The van der Waals surface area contributed by atoms with Crippen LogP contribution in [0.1, 0.15) is 38.8 Å². The van der Waals surface area contributed by atoms with Gasteiger partial charge in [-0.2, -0.15) is 0 Å². The highest BCUT2D eigenvalue weighted by Crippen LogP contribution is 2.30. The number of carbonyl (C=O) groups excluding carboxylic acids is 3. The van der Waals surface area contributed by atoms with E-state index in [1.165, 1.54) is 11.8 Å². The normalized spacial score (nSPS) is 13.2. The van der Waals surface area contributed by atoms with E-state index in [-0.39, 0.29) is 17.5 Å². The number of para-hydroxylation sites is 1. The number of aromatic nitrogens is 3. The monoisotopic (exact) mass is 454 g/mol. The number of amides is 1. The van der Waals surface area contributed by atoms with Crippen molar-refractivity contribution in [3.05, 3.63) is 101 Å². The largest absolute Gasteiger partial charge is 0.325 e. The Morgan fingerprint density at radius 1 is 0.879 bits per heavy atom. The van der Waals surface area contributed by atoms with Gasteiger partial charge >= 0.3 is 0 Å². The summed E-state index contributed by atoms with van der Waals surface area (Å²) in [5.74, 6) is -0.672. The van der Waals surface area contributed by atoms with Crippen LogP contribution in [-0.2, 0) is 4.79 Å². The number of thioether (sulfide) groups is 1. The lowest BCUT2D eigenvalue weighted by Gasteiger charge is -2.18. The lowest BCUT2D eigenvalue weighted by Crippen LogP contribution is -2.24. The molecule has 7 nitrogen and oxygen atoms in total. The van der Waals surface area contributed by atoms with E-state index in [0.717, 1.165) is 5.69 Å². The molecule has 1 N–H and O–H groups in total. The highest BCUT2D eigenvalue weighted by atomic mass is 32.2. The molecule has 0 saturated carbocycles. The van der Waals surface area contributed by atoms with Crippen LogP contribution in [-0.4, -0.2) is 37.5 Å². The second-order valence-corrected chi connectivity index (χ2v) is 8.84. The molecule has 1 amide bonds. The van der Waals surface area contributed by atoms with Crippen LogP contribution >= 0.6 is 11.8 Å². The first-order valence-electron chi connectivity index (χ1n) is 10.3. The van der Waals surface area contributed by atoms with Gasteiger partial charge in [-0.1, -0.05) is 54.2 Å². The summed E-state index contributed by atoms with van der Waals surface area (Å²) in [6, 6.07) is 21.2. The van der Waals surface area contributed by atoms with Crippen molar-refractivity contribution in [3.8, 4) is 5.69 Å². The van der Waals surface area contributed by atoms with E-state index in [1.807, 2.05) is 34.9 Å². The lowest BCUT2D eigenvalue weighted by atomic mass is 9.84. The maximum absolute atomic E-state index is 12.9. The summed E-state index contributed by atoms with van der Waals surface area (Å²) >= 11 is 1.28. The third-order valence-corrected chi connectivity index (χ3v) is 6.45. The average Bonchev–Trinajstić information content (AvgIpc) is 3.31. The number of nitrogens with zero attached hydrogens (tertiary/aromatic N) is 3. The van der Waals surface area contributed by atoms with E-state index in [2.05, 4.69) is 15.5 Å². The van der Waals surface area contributed by atoms with E-state index < -0.39 is 5.25 Å². The Labute approximate surface area is 193 Å².